The summed E-state index contributed by atoms with van der Waals surface area (Å²) < 4.78 is 0. The monoisotopic (exact) mass is 355 g/mol. The smallest absolute Gasteiger partial charge is 0.270 e. The molecule has 0 spiro atoms. The van der Waals surface area contributed by atoms with Gasteiger partial charge in [-0.1, -0.05) is 32.0 Å². The van der Waals surface area contributed by atoms with E-state index in [0.717, 1.165) is 23.5 Å². The summed E-state index contributed by atoms with van der Waals surface area (Å²) >= 11 is 0. The van der Waals surface area contributed by atoms with Gasteiger partial charge in [-0.05, 0) is 51.1 Å². The van der Waals surface area contributed by atoms with Crippen LogP contribution in [0.5, 0.6) is 0 Å². The summed E-state index contributed by atoms with van der Waals surface area (Å²) in [7, 11) is 3.94. The van der Waals surface area contributed by atoms with Gasteiger partial charge in [0.1, 0.15) is 5.69 Å². The van der Waals surface area contributed by atoms with Crippen molar-refractivity contribution in [3.05, 3.63) is 46.8 Å². The Labute approximate surface area is 156 Å². The molecular formula is C20H29N5O. The van der Waals surface area contributed by atoms with E-state index >= 15 is 0 Å². The Morgan fingerprint density at radius 3 is 2.58 bits per heavy atom. The van der Waals surface area contributed by atoms with Gasteiger partial charge in [-0.3, -0.25) is 4.79 Å². The van der Waals surface area contributed by atoms with Gasteiger partial charge in [0.05, 0.1) is 0 Å². The summed E-state index contributed by atoms with van der Waals surface area (Å²) in [6, 6.07) is 7.91. The molecule has 0 aliphatic carbocycles. The van der Waals surface area contributed by atoms with E-state index < -0.39 is 0 Å². The zero-order valence-corrected chi connectivity index (χ0v) is 16.6. The summed E-state index contributed by atoms with van der Waals surface area (Å²) in [5, 5.41) is 6.21. The molecule has 0 saturated carbocycles. The Balaban J connectivity index is 2.24. The molecule has 0 aliphatic rings. The zero-order chi connectivity index (χ0) is 19.3. The van der Waals surface area contributed by atoms with Crippen molar-refractivity contribution in [2.45, 2.75) is 33.6 Å². The second kappa shape index (κ2) is 8.76. The Morgan fingerprint density at radius 1 is 1.19 bits per heavy atom. The number of hydrogen-bond acceptors (Lipinski definition) is 5. The van der Waals surface area contributed by atoms with Crippen molar-refractivity contribution in [1.29, 1.82) is 0 Å². The topological polar surface area (TPSA) is 70.2 Å². The first-order valence-corrected chi connectivity index (χ1v) is 8.93. The first-order chi connectivity index (χ1) is 12.3. The minimum Gasteiger partial charge on any atom is -0.349 e. The summed E-state index contributed by atoms with van der Waals surface area (Å²) in [4.78, 5) is 23.3. The van der Waals surface area contributed by atoms with Crippen LogP contribution in [0.4, 0.5) is 11.6 Å². The number of carbonyl (C=O) groups is 1. The molecule has 0 unspecified atom stereocenters. The number of aromatic nitrogens is 2. The zero-order valence-electron chi connectivity index (χ0n) is 16.6. The van der Waals surface area contributed by atoms with Crippen molar-refractivity contribution in [3.63, 3.8) is 0 Å². The second-order valence-corrected chi connectivity index (χ2v) is 7.10. The van der Waals surface area contributed by atoms with Crippen LogP contribution in [0, 0.1) is 13.8 Å². The number of nitrogens with zero attached hydrogens (tertiary/aromatic N) is 3. The highest BCUT2D eigenvalue weighted by Gasteiger charge is 2.14. The minimum absolute atomic E-state index is 0.186. The maximum absolute atomic E-state index is 12.4. The van der Waals surface area contributed by atoms with E-state index in [9.17, 15) is 4.79 Å². The van der Waals surface area contributed by atoms with Crippen molar-refractivity contribution < 1.29 is 4.79 Å². The number of rotatable bonds is 7. The Morgan fingerprint density at radius 2 is 1.92 bits per heavy atom. The number of carbonyl (C=O) groups excluding carboxylic acids is 1. The number of nitrogens with one attached hydrogen (secondary N) is 2. The quantitative estimate of drug-likeness (QED) is 0.798. The van der Waals surface area contributed by atoms with Gasteiger partial charge in [-0.15, -0.1) is 0 Å². The van der Waals surface area contributed by atoms with Crippen LogP contribution in [0.1, 0.15) is 47.1 Å². The molecule has 6 heteroatoms. The third-order valence-electron chi connectivity index (χ3n) is 4.10. The molecule has 6 nitrogen and oxygen atoms in total. The van der Waals surface area contributed by atoms with Crippen LogP contribution in [0.15, 0.2) is 24.3 Å². The molecule has 1 heterocycles. The lowest BCUT2D eigenvalue weighted by atomic mass is 9.98. The molecule has 2 rings (SSSR count). The molecular weight excluding hydrogens is 326 g/mol. The molecule has 2 N–H and O–H groups in total. The van der Waals surface area contributed by atoms with Crippen molar-refractivity contribution in [2.75, 3.05) is 32.5 Å². The lowest BCUT2D eigenvalue weighted by Gasteiger charge is -2.17. The number of aryl methyl sites for hydroxylation is 2. The van der Waals surface area contributed by atoms with E-state index in [0.29, 0.717) is 24.1 Å². The van der Waals surface area contributed by atoms with Crippen LogP contribution in [0.2, 0.25) is 0 Å². The lowest BCUT2D eigenvalue weighted by molar-refractivity contribution is 0.0946. The fourth-order valence-electron chi connectivity index (χ4n) is 2.68. The van der Waals surface area contributed by atoms with Crippen molar-refractivity contribution in [3.8, 4) is 0 Å². The number of hydrogen-bond donors (Lipinski definition) is 2. The fourth-order valence-corrected chi connectivity index (χ4v) is 2.68. The standard InChI is InChI=1S/C20H29N5O/c1-13(2)16-9-7-8-14(3)18(16)24-20-22-15(4)12-17(23-20)19(26)21-10-11-25(5)6/h7-9,12-13H,10-11H2,1-6H3,(H,21,26)(H,22,23,24). The molecule has 0 saturated heterocycles. The Bertz CT molecular complexity index is 771. The molecule has 0 fully saturated rings. The van der Waals surface area contributed by atoms with E-state index in [1.165, 1.54) is 5.56 Å². The third kappa shape index (κ3) is 5.26. The van der Waals surface area contributed by atoms with Crippen molar-refractivity contribution in [2.24, 2.45) is 0 Å². The summed E-state index contributed by atoms with van der Waals surface area (Å²) in [6.45, 7) is 9.58. The van der Waals surface area contributed by atoms with Crippen LogP contribution in [-0.2, 0) is 0 Å². The van der Waals surface area contributed by atoms with Crippen molar-refractivity contribution >= 4 is 17.5 Å². The highest BCUT2D eigenvalue weighted by Crippen LogP contribution is 2.29. The summed E-state index contributed by atoms with van der Waals surface area (Å²) in [5.74, 6) is 0.629. The normalized spacial score (nSPS) is 11.1. The minimum atomic E-state index is -0.186. The van der Waals surface area contributed by atoms with E-state index in [-0.39, 0.29) is 5.91 Å². The van der Waals surface area contributed by atoms with Gasteiger partial charge in [0, 0.05) is 24.5 Å². The van der Waals surface area contributed by atoms with E-state index in [2.05, 4.69) is 59.6 Å². The molecule has 2 aromatic rings. The van der Waals surface area contributed by atoms with E-state index in [1.807, 2.05) is 25.9 Å². The first kappa shape index (κ1) is 19.8. The summed E-state index contributed by atoms with van der Waals surface area (Å²) in [5.41, 5.74) is 4.45. The lowest BCUT2D eigenvalue weighted by Crippen LogP contribution is -2.32. The maximum atomic E-state index is 12.4. The predicted octanol–water partition coefficient (Wildman–Crippen LogP) is 3.25. The molecule has 1 aromatic carbocycles. The SMILES string of the molecule is Cc1cc(C(=O)NCCN(C)C)nc(Nc2c(C)cccc2C(C)C)n1. The number of anilines is 2. The molecule has 26 heavy (non-hydrogen) atoms. The number of likely N-dealkylation sites (N-methyl/N-ethyl adjacent to an activating group) is 1. The van der Waals surface area contributed by atoms with Gasteiger partial charge in [0.15, 0.2) is 0 Å². The second-order valence-electron chi connectivity index (χ2n) is 7.10. The van der Waals surface area contributed by atoms with Crippen LogP contribution in [0.3, 0.4) is 0 Å². The highest BCUT2D eigenvalue weighted by atomic mass is 16.1. The van der Waals surface area contributed by atoms with Crippen LogP contribution >= 0.6 is 0 Å². The van der Waals surface area contributed by atoms with Gasteiger partial charge < -0.3 is 15.5 Å². The average Bonchev–Trinajstić information content (AvgIpc) is 2.55. The molecule has 140 valence electrons. The number of para-hydroxylation sites is 1. The molecule has 0 radical (unpaired) electrons. The van der Waals surface area contributed by atoms with Gasteiger partial charge in [-0.2, -0.15) is 0 Å². The van der Waals surface area contributed by atoms with Crippen LogP contribution < -0.4 is 10.6 Å². The summed E-state index contributed by atoms with van der Waals surface area (Å²) in [6.07, 6.45) is 0. The van der Waals surface area contributed by atoms with Gasteiger partial charge in [-0.25, -0.2) is 9.97 Å². The number of benzene rings is 1. The third-order valence-corrected chi connectivity index (χ3v) is 4.10. The first-order valence-electron chi connectivity index (χ1n) is 8.93. The molecule has 0 bridgehead atoms. The average molecular weight is 355 g/mol. The van der Waals surface area contributed by atoms with E-state index in [1.54, 1.807) is 6.07 Å². The molecule has 0 aliphatic heterocycles. The molecule has 1 amide bonds. The molecule has 0 atom stereocenters. The van der Waals surface area contributed by atoms with Gasteiger partial charge in [0.2, 0.25) is 5.95 Å². The van der Waals surface area contributed by atoms with Crippen molar-refractivity contribution in [1.82, 2.24) is 20.2 Å². The van der Waals surface area contributed by atoms with Crippen LogP contribution in [-0.4, -0.2) is 48.0 Å². The molecule has 1 aromatic heterocycles. The van der Waals surface area contributed by atoms with Gasteiger partial charge in [0.25, 0.3) is 5.91 Å². The fraction of sp³-hybridized carbons (Fsp3) is 0.450. The number of amides is 1. The highest BCUT2D eigenvalue weighted by molar-refractivity contribution is 5.92. The largest absolute Gasteiger partial charge is 0.349 e. The Hall–Kier alpha value is -2.47. The maximum Gasteiger partial charge on any atom is 0.270 e. The van der Waals surface area contributed by atoms with Crippen LogP contribution in [0.25, 0.3) is 0 Å². The van der Waals surface area contributed by atoms with Gasteiger partial charge >= 0.3 is 0 Å². The predicted molar refractivity (Wildman–Crippen MR) is 106 cm³/mol. The van der Waals surface area contributed by atoms with E-state index in [4.69, 9.17) is 0 Å². The Kier molecular flexibility index (Phi) is 6.69.